The predicted molar refractivity (Wildman–Crippen MR) is 131 cm³/mol. The van der Waals surface area contributed by atoms with Crippen molar-refractivity contribution in [2.24, 2.45) is 5.73 Å². The number of nitrogens with zero attached hydrogens (tertiary/aromatic N) is 1. The van der Waals surface area contributed by atoms with Gasteiger partial charge in [-0.15, -0.1) is 0 Å². The summed E-state index contributed by atoms with van der Waals surface area (Å²) in [6.45, 7) is 2.86. The molecule has 0 fully saturated rings. The van der Waals surface area contributed by atoms with Crippen molar-refractivity contribution in [3.63, 3.8) is 0 Å². The molecule has 1 aliphatic rings. The van der Waals surface area contributed by atoms with E-state index in [1.54, 1.807) is 17.0 Å². The van der Waals surface area contributed by atoms with Crippen LogP contribution in [0.15, 0.2) is 35.1 Å². The summed E-state index contributed by atoms with van der Waals surface area (Å²) < 4.78 is 14.7. The molecular weight excluding hydrogens is 466 g/mol. The number of H-pyrrole nitrogens is 1. The quantitative estimate of drug-likeness (QED) is 0.476. The van der Waals surface area contributed by atoms with E-state index in [0.29, 0.717) is 41.4 Å². The Morgan fingerprint density at radius 1 is 1.27 bits per heavy atom. The van der Waals surface area contributed by atoms with Crippen molar-refractivity contribution in [3.05, 3.63) is 73.4 Å². The molecule has 0 spiro atoms. The number of nitrogens with two attached hydrogens (primary N) is 1. The van der Waals surface area contributed by atoms with E-state index in [1.807, 2.05) is 19.1 Å². The number of hydrogen-bond donors (Lipinski definition) is 3. The number of aryl methyl sites for hydroxylation is 1. The average molecular weight is 491 g/mol. The first kappa shape index (κ1) is 23.5. The molecule has 0 bridgehead atoms. The van der Waals surface area contributed by atoms with Crippen molar-refractivity contribution in [1.82, 2.24) is 9.88 Å². The van der Waals surface area contributed by atoms with Gasteiger partial charge in [0.1, 0.15) is 5.82 Å². The molecule has 1 amide bonds. The van der Waals surface area contributed by atoms with E-state index in [9.17, 15) is 14.0 Å². The number of carbonyl (C=O) groups excluding carboxylic acids is 1. The van der Waals surface area contributed by atoms with Gasteiger partial charge in [0.2, 0.25) is 5.91 Å². The standard InChI is InChI=1S/C24H25Cl2FN4O2/c1-13-23-14(7-16(25)10-19(23)26)4-6-31(13)22(32)12-29-21-9-15-8-17(3-2-5-28)30-24(33)18(15)11-20(21)27/h7-11,13,29H,2-6,12,28H2,1H3,(H,30,33)/t13-/m1/s1. The maximum absolute atomic E-state index is 14.7. The molecule has 3 aromatic rings. The number of carbonyl (C=O) groups is 1. The largest absolute Gasteiger partial charge is 0.374 e. The number of nitrogens with one attached hydrogen (secondary N) is 2. The minimum atomic E-state index is -0.592. The van der Waals surface area contributed by atoms with Gasteiger partial charge in [-0.1, -0.05) is 23.2 Å². The minimum absolute atomic E-state index is 0.0868. The summed E-state index contributed by atoms with van der Waals surface area (Å²) in [4.78, 5) is 29.8. The van der Waals surface area contributed by atoms with Gasteiger partial charge < -0.3 is 20.9 Å². The van der Waals surface area contributed by atoms with Crippen molar-refractivity contribution < 1.29 is 9.18 Å². The van der Waals surface area contributed by atoms with Crippen molar-refractivity contribution in [1.29, 1.82) is 0 Å². The molecule has 0 aliphatic carbocycles. The average Bonchev–Trinajstić information content (AvgIpc) is 2.76. The highest BCUT2D eigenvalue weighted by atomic mass is 35.5. The van der Waals surface area contributed by atoms with Gasteiger partial charge in [-0.2, -0.15) is 0 Å². The smallest absolute Gasteiger partial charge is 0.256 e. The Kier molecular flexibility index (Phi) is 6.93. The van der Waals surface area contributed by atoms with Crippen LogP contribution in [0, 0.1) is 5.82 Å². The molecule has 6 nitrogen and oxygen atoms in total. The van der Waals surface area contributed by atoms with E-state index in [1.165, 1.54) is 6.07 Å². The van der Waals surface area contributed by atoms with Crippen LogP contribution in [0.5, 0.6) is 0 Å². The van der Waals surface area contributed by atoms with Gasteiger partial charge in [0.05, 0.1) is 23.7 Å². The second-order valence-electron chi connectivity index (χ2n) is 8.26. The Balaban J connectivity index is 1.52. The fraction of sp³-hybridized carbons (Fsp3) is 0.333. The summed E-state index contributed by atoms with van der Waals surface area (Å²) in [6, 6.07) is 7.91. The highest BCUT2D eigenvalue weighted by Crippen LogP contribution is 2.37. The Hall–Kier alpha value is -2.61. The highest BCUT2D eigenvalue weighted by molar-refractivity contribution is 6.35. The van der Waals surface area contributed by atoms with Crippen LogP contribution in [-0.2, 0) is 17.6 Å². The van der Waals surface area contributed by atoms with E-state index in [4.69, 9.17) is 28.9 Å². The van der Waals surface area contributed by atoms with Gasteiger partial charge in [-0.05, 0) is 79.6 Å². The van der Waals surface area contributed by atoms with Gasteiger partial charge in [0.15, 0.2) is 0 Å². The van der Waals surface area contributed by atoms with E-state index >= 15 is 0 Å². The summed E-state index contributed by atoms with van der Waals surface area (Å²) in [5.41, 5.74) is 8.04. The Morgan fingerprint density at radius 3 is 2.82 bits per heavy atom. The molecule has 1 aliphatic heterocycles. The zero-order chi connectivity index (χ0) is 23.7. The first-order valence-corrected chi connectivity index (χ1v) is 11.6. The first-order chi connectivity index (χ1) is 15.8. The fourth-order valence-corrected chi connectivity index (χ4v) is 5.12. The van der Waals surface area contributed by atoms with Crippen LogP contribution < -0.4 is 16.6 Å². The minimum Gasteiger partial charge on any atom is -0.374 e. The van der Waals surface area contributed by atoms with Crippen LogP contribution in [0.3, 0.4) is 0 Å². The summed E-state index contributed by atoms with van der Waals surface area (Å²) >= 11 is 12.5. The molecule has 0 unspecified atom stereocenters. The van der Waals surface area contributed by atoms with Crippen LogP contribution in [0.1, 0.15) is 36.2 Å². The number of aromatic amines is 1. The molecule has 0 saturated carbocycles. The summed E-state index contributed by atoms with van der Waals surface area (Å²) in [5.74, 6) is -0.765. The SMILES string of the molecule is C[C@@H]1c2c(Cl)cc(Cl)cc2CCN1C(=O)CNc1cc2cc(CCCN)[nH]c(=O)c2cc1F. The summed E-state index contributed by atoms with van der Waals surface area (Å²) in [5, 5.41) is 4.87. The number of rotatable bonds is 6. The van der Waals surface area contributed by atoms with Gasteiger partial charge in [0.25, 0.3) is 5.56 Å². The number of benzene rings is 2. The van der Waals surface area contributed by atoms with Crippen LogP contribution in [-0.4, -0.2) is 35.4 Å². The van der Waals surface area contributed by atoms with Gasteiger partial charge in [0, 0.05) is 22.3 Å². The normalized spacial score (nSPS) is 15.5. The second-order valence-corrected chi connectivity index (χ2v) is 9.11. The van der Waals surface area contributed by atoms with Crippen molar-refractivity contribution in [3.8, 4) is 0 Å². The molecule has 0 radical (unpaired) electrons. The van der Waals surface area contributed by atoms with Gasteiger partial charge in [-0.25, -0.2) is 4.39 Å². The van der Waals surface area contributed by atoms with Gasteiger partial charge in [-0.3, -0.25) is 9.59 Å². The lowest BCUT2D eigenvalue weighted by Gasteiger charge is -2.36. The Morgan fingerprint density at radius 2 is 2.06 bits per heavy atom. The molecule has 33 heavy (non-hydrogen) atoms. The number of pyridine rings is 1. The highest BCUT2D eigenvalue weighted by Gasteiger charge is 2.29. The van der Waals surface area contributed by atoms with Gasteiger partial charge >= 0.3 is 0 Å². The molecule has 2 aromatic carbocycles. The summed E-state index contributed by atoms with van der Waals surface area (Å²) in [7, 11) is 0. The van der Waals surface area contributed by atoms with Crippen molar-refractivity contribution in [2.75, 3.05) is 25.0 Å². The van der Waals surface area contributed by atoms with Crippen LogP contribution in [0.2, 0.25) is 10.0 Å². The first-order valence-electron chi connectivity index (χ1n) is 10.8. The number of halogens is 3. The Labute approximate surface area is 200 Å². The second kappa shape index (κ2) is 9.71. The number of aromatic nitrogens is 1. The van der Waals surface area contributed by atoms with Crippen molar-refractivity contribution in [2.45, 2.75) is 32.2 Å². The molecule has 4 rings (SSSR count). The molecule has 2 heterocycles. The topological polar surface area (TPSA) is 91.2 Å². The lowest BCUT2D eigenvalue weighted by atomic mass is 9.93. The third-order valence-corrected chi connectivity index (χ3v) is 6.61. The zero-order valence-corrected chi connectivity index (χ0v) is 19.7. The Bertz CT molecular complexity index is 1280. The molecule has 1 atom stereocenters. The lowest BCUT2D eigenvalue weighted by Crippen LogP contribution is -2.42. The van der Waals surface area contributed by atoms with Crippen LogP contribution >= 0.6 is 23.2 Å². The molecule has 0 saturated heterocycles. The van der Waals surface area contributed by atoms with Crippen LogP contribution in [0.4, 0.5) is 10.1 Å². The zero-order valence-electron chi connectivity index (χ0n) is 18.2. The maximum Gasteiger partial charge on any atom is 0.256 e. The van der Waals surface area contributed by atoms with E-state index in [-0.39, 0.29) is 35.1 Å². The van der Waals surface area contributed by atoms with E-state index < -0.39 is 5.82 Å². The third-order valence-electron chi connectivity index (χ3n) is 6.08. The molecule has 1 aromatic heterocycles. The van der Waals surface area contributed by atoms with Crippen LogP contribution in [0.25, 0.3) is 10.8 Å². The molecule has 4 N–H and O–H groups in total. The summed E-state index contributed by atoms with van der Waals surface area (Å²) in [6.07, 6.45) is 2.00. The third kappa shape index (κ3) is 4.86. The number of amides is 1. The van der Waals surface area contributed by atoms with E-state index in [2.05, 4.69) is 10.3 Å². The maximum atomic E-state index is 14.7. The molecule has 9 heteroatoms. The fourth-order valence-electron chi connectivity index (χ4n) is 4.42. The number of anilines is 1. The lowest BCUT2D eigenvalue weighted by molar-refractivity contribution is -0.131. The monoisotopic (exact) mass is 490 g/mol. The number of hydrogen-bond acceptors (Lipinski definition) is 4. The van der Waals surface area contributed by atoms with Crippen molar-refractivity contribution >= 4 is 45.6 Å². The molecular formula is C24H25Cl2FN4O2. The molecule has 174 valence electrons. The predicted octanol–water partition coefficient (Wildman–Crippen LogP) is 4.42. The number of fused-ring (bicyclic) bond motifs is 2. The van der Waals surface area contributed by atoms with E-state index in [0.717, 1.165) is 23.2 Å².